The van der Waals surface area contributed by atoms with E-state index in [4.69, 9.17) is 8.83 Å². The summed E-state index contributed by atoms with van der Waals surface area (Å²) >= 11 is 0. The van der Waals surface area contributed by atoms with Crippen molar-refractivity contribution in [2.24, 2.45) is 0 Å². The van der Waals surface area contributed by atoms with Crippen molar-refractivity contribution in [2.45, 2.75) is 6.92 Å². The highest BCUT2D eigenvalue weighted by Crippen LogP contribution is 2.24. The van der Waals surface area contributed by atoms with Gasteiger partial charge in [0.25, 0.3) is 11.8 Å². The molecule has 6 heteroatoms. The van der Waals surface area contributed by atoms with Crippen molar-refractivity contribution >= 4 is 23.2 Å². The summed E-state index contributed by atoms with van der Waals surface area (Å²) in [5.41, 5.74) is 1.90. The molecule has 2 heterocycles. The minimum atomic E-state index is -0.354. The van der Waals surface area contributed by atoms with Crippen molar-refractivity contribution in [2.75, 3.05) is 10.6 Å². The lowest BCUT2D eigenvalue weighted by molar-refractivity contribution is 0.0990. The molecule has 3 aromatic rings. The van der Waals surface area contributed by atoms with Gasteiger partial charge in [-0.2, -0.15) is 0 Å². The first-order valence-corrected chi connectivity index (χ1v) is 6.94. The summed E-state index contributed by atoms with van der Waals surface area (Å²) in [6.45, 7) is 1.80. The molecule has 3 rings (SSSR count). The summed E-state index contributed by atoms with van der Waals surface area (Å²) in [5, 5.41) is 5.51. The van der Waals surface area contributed by atoms with Gasteiger partial charge in [-0.05, 0) is 48.9 Å². The van der Waals surface area contributed by atoms with Crippen molar-refractivity contribution in [1.82, 2.24) is 0 Å². The number of carbonyl (C=O) groups excluding carboxylic acids is 2. The Morgan fingerprint density at radius 2 is 1.26 bits per heavy atom. The smallest absolute Gasteiger partial charge is 0.291 e. The zero-order chi connectivity index (χ0) is 16.2. The molecule has 116 valence electrons. The normalized spacial score (nSPS) is 10.3. The molecule has 2 aromatic heterocycles. The monoisotopic (exact) mass is 310 g/mol. The topological polar surface area (TPSA) is 84.5 Å². The predicted octanol–water partition coefficient (Wildman–Crippen LogP) is 3.69. The quantitative estimate of drug-likeness (QED) is 0.769. The van der Waals surface area contributed by atoms with Crippen molar-refractivity contribution in [1.29, 1.82) is 0 Å². The van der Waals surface area contributed by atoms with E-state index in [2.05, 4.69) is 10.6 Å². The number of nitrogens with one attached hydrogen (secondary N) is 2. The first-order valence-electron chi connectivity index (χ1n) is 6.94. The Hall–Kier alpha value is -3.28. The molecule has 0 saturated carbocycles. The lowest BCUT2D eigenvalue weighted by Gasteiger charge is -2.12. The van der Waals surface area contributed by atoms with Crippen LogP contribution in [0.2, 0.25) is 0 Å². The maximum absolute atomic E-state index is 12.0. The van der Waals surface area contributed by atoms with E-state index in [0.29, 0.717) is 11.4 Å². The minimum Gasteiger partial charge on any atom is -0.459 e. The van der Waals surface area contributed by atoms with Gasteiger partial charge in [0.1, 0.15) is 0 Å². The van der Waals surface area contributed by atoms with Crippen LogP contribution in [0.15, 0.2) is 63.8 Å². The first kappa shape index (κ1) is 14.6. The zero-order valence-corrected chi connectivity index (χ0v) is 12.3. The maximum Gasteiger partial charge on any atom is 0.291 e. The fourth-order valence-corrected chi connectivity index (χ4v) is 2.09. The molecule has 0 fully saturated rings. The van der Waals surface area contributed by atoms with Crippen LogP contribution in [0.1, 0.15) is 26.7 Å². The Morgan fingerprint density at radius 1 is 0.783 bits per heavy atom. The molecule has 0 aliphatic carbocycles. The third-order valence-electron chi connectivity index (χ3n) is 3.32. The number of hydrogen-bond donors (Lipinski definition) is 2. The third-order valence-corrected chi connectivity index (χ3v) is 3.32. The van der Waals surface area contributed by atoms with Crippen molar-refractivity contribution < 1.29 is 18.4 Å². The van der Waals surface area contributed by atoms with Crippen molar-refractivity contribution in [3.05, 3.63) is 72.1 Å². The van der Waals surface area contributed by atoms with Crippen LogP contribution in [-0.4, -0.2) is 11.8 Å². The van der Waals surface area contributed by atoms with Crippen molar-refractivity contribution in [3.63, 3.8) is 0 Å². The summed E-state index contributed by atoms with van der Waals surface area (Å²) < 4.78 is 10.1. The van der Waals surface area contributed by atoms with E-state index >= 15 is 0 Å². The molecule has 2 N–H and O–H groups in total. The van der Waals surface area contributed by atoms with Crippen LogP contribution < -0.4 is 10.6 Å². The summed E-state index contributed by atoms with van der Waals surface area (Å²) in [6, 6.07) is 11.7. The van der Waals surface area contributed by atoms with Crippen LogP contribution in [0.5, 0.6) is 0 Å². The van der Waals surface area contributed by atoms with Gasteiger partial charge in [0.2, 0.25) is 0 Å². The van der Waals surface area contributed by atoms with E-state index in [-0.39, 0.29) is 23.3 Å². The number of rotatable bonds is 4. The van der Waals surface area contributed by atoms with Crippen LogP contribution in [-0.2, 0) is 0 Å². The van der Waals surface area contributed by atoms with E-state index in [9.17, 15) is 9.59 Å². The second-order valence-corrected chi connectivity index (χ2v) is 4.84. The molecule has 0 aliphatic rings. The Bertz CT molecular complexity index is 754. The van der Waals surface area contributed by atoms with Gasteiger partial charge in [0.05, 0.1) is 12.5 Å². The standard InChI is InChI=1S/C17H14N2O4/c1-11-12(18-16(20)14-7-3-9-22-14)5-2-6-13(11)19-17(21)15-8-4-10-23-15/h2-10H,1H3,(H,18,20)(H,19,21). The van der Waals surface area contributed by atoms with Gasteiger partial charge in [0.15, 0.2) is 11.5 Å². The average Bonchev–Trinajstić information content (AvgIpc) is 3.24. The van der Waals surface area contributed by atoms with Gasteiger partial charge in [-0.15, -0.1) is 0 Å². The molecule has 0 unspecified atom stereocenters. The van der Waals surface area contributed by atoms with Gasteiger partial charge in [0, 0.05) is 11.4 Å². The molecule has 0 radical (unpaired) electrons. The summed E-state index contributed by atoms with van der Waals surface area (Å²) in [4.78, 5) is 24.1. The van der Waals surface area contributed by atoms with E-state index in [1.54, 1.807) is 49.4 Å². The van der Waals surface area contributed by atoms with E-state index in [0.717, 1.165) is 5.56 Å². The highest BCUT2D eigenvalue weighted by atomic mass is 16.3. The zero-order valence-electron chi connectivity index (χ0n) is 12.3. The highest BCUT2D eigenvalue weighted by Gasteiger charge is 2.14. The van der Waals surface area contributed by atoms with Crippen LogP contribution in [0.3, 0.4) is 0 Å². The molecule has 0 atom stereocenters. The second kappa shape index (κ2) is 6.23. The van der Waals surface area contributed by atoms with E-state index in [1.165, 1.54) is 12.5 Å². The van der Waals surface area contributed by atoms with Gasteiger partial charge in [-0.3, -0.25) is 9.59 Å². The molecule has 0 spiro atoms. The molecule has 0 bridgehead atoms. The van der Waals surface area contributed by atoms with Gasteiger partial charge < -0.3 is 19.5 Å². The fraction of sp³-hybridized carbons (Fsp3) is 0.0588. The van der Waals surface area contributed by atoms with Gasteiger partial charge in [-0.25, -0.2) is 0 Å². The SMILES string of the molecule is Cc1c(NC(=O)c2ccco2)cccc1NC(=O)c1ccco1. The van der Waals surface area contributed by atoms with Gasteiger partial charge >= 0.3 is 0 Å². The number of carbonyl (C=O) groups is 2. The molecule has 0 aliphatic heterocycles. The Kier molecular flexibility index (Phi) is 3.97. The van der Waals surface area contributed by atoms with Crippen LogP contribution in [0.4, 0.5) is 11.4 Å². The van der Waals surface area contributed by atoms with Gasteiger partial charge in [-0.1, -0.05) is 6.07 Å². The van der Waals surface area contributed by atoms with Crippen molar-refractivity contribution in [3.8, 4) is 0 Å². The second-order valence-electron chi connectivity index (χ2n) is 4.84. The average molecular weight is 310 g/mol. The summed E-state index contributed by atoms with van der Waals surface area (Å²) in [7, 11) is 0. The third kappa shape index (κ3) is 3.16. The molecular weight excluding hydrogens is 296 g/mol. The fourth-order valence-electron chi connectivity index (χ4n) is 2.09. The molecule has 2 amide bonds. The Labute approximate surface area is 132 Å². The van der Waals surface area contributed by atoms with Crippen LogP contribution in [0.25, 0.3) is 0 Å². The lowest BCUT2D eigenvalue weighted by Crippen LogP contribution is -2.15. The lowest BCUT2D eigenvalue weighted by atomic mass is 10.1. The molecule has 23 heavy (non-hydrogen) atoms. The summed E-state index contributed by atoms with van der Waals surface area (Å²) in [5.74, 6) is -0.274. The molecule has 6 nitrogen and oxygen atoms in total. The number of anilines is 2. The maximum atomic E-state index is 12.0. The van der Waals surface area contributed by atoms with Crippen LogP contribution >= 0.6 is 0 Å². The van der Waals surface area contributed by atoms with E-state index < -0.39 is 0 Å². The molecular formula is C17H14N2O4. The largest absolute Gasteiger partial charge is 0.459 e. The minimum absolute atomic E-state index is 0.217. The highest BCUT2D eigenvalue weighted by molar-refractivity contribution is 6.05. The number of amides is 2. The summed E-state index contributed by atoms with van der Waals surface area (Å²) in [6.07, 6.45) is 2.86. The Balaban J connectivity index is 1.78. The van der Waals surface area contributed by atoms with Crippen LogP contribution in [0, 0.1) is 6.92 Å². The van der Waals surface area contributed by atoms with E-state index in [1.807, 2.05) is 0 Å². The number of furan rings is 2. The Morgan fingerprint density at radius 3 is 1.65 bits per heavy atom. The molecule has 0 saturated heterocycles. The molecule has 1 aromatic carbocycles. The number of hydrogen-bond acceptors (Lipinski definition) is 4. The number of benzene rings is 1. The predicted molar refractivity (Wildman–Crippen MR) is 84.5 cm³/mol. The first-order chi connectivity index (χ1) is 11.1.